The lowest BCUT2D eigenvalue weighted by Gasteiger charge is -1.72. The molecule has 3 heteroatoms. The van der Waals surface area contributed by atoms with E-state index in [1.807, 2.05) is 0 Å². The maximum atomic E-state index is 9.99. The molecule has 0 fully saturated rings. The molecule has 0 aliphatic heterocycles. The first-order chi connectivity index (χ1) is 3.27. The maximum absolute atomic E-state index is 9.99. The number of hydrogen-bond donors (Lipinski definition) is 1. The van der Waals surface area contributed by atoms with Gasteiger partial charge >= 0.3 is 0 Å². The van der Waals surface area contributed by atoms with Crippen LogP contribution in [0.25, 0.3) is 0 Å². The summed E-state index contributed by atoms with van der Waals surface area (Å²) < 4.78 is -0.0633. The lowest BCUT2D eigenvalue weighted by molar-refractivity contribution is -0.105. The van der Waals surface area contributed by atoms with Crippen LogP contribution in [0.4, 0.5) is 0 Å². The Balaban J connectivity index is 3.26. The molecule has 1 N–H and O–H groups in total. The summed E-state index contributed by atoms with van der Waals surface area (Å²) in [5, 5.41) is 8.07. The molecule has 0 rings (SSSR count). The van der Waals surface area contributed by atoms with Crippen LogP contribution in [0.15, 0.2) is 12.2 Å². The average molecular weight is 212 g/mol. The minimum atomic E-state index is -0.0633. The standard InChI is InChI=1S/C4H5IO2/c5-4(7)2-1-3-6/h1-2,6H,3H2/b2-1-. The fraction of sp³-hybridized carbons (Fsp3) is 0.250. The van der Waals surface area contributed by atoms with Gasteiger partial charge < -0.3 is 5.11 Å². The van der Waals surface area contributed by atoms with E-state index in [2.05, 4.69) is 0 Å². The molecule has 2 nitrogen and oxygen atoms in total. The molecule has 0 aromatic rings. The minimum absolute atomic E-state index is 0.0608. The van der Waals surface area contributed by atoms with E-state index in [0.717, 1.165) is 0 Å². The first-order valence-electron chi connectivity index (χ1n) is 1.74. The van der Waals surface area contributed by atoms with Gasteiger partial charge in [0.2, 0.25) is 3.79 Å². The van der Waals surface area contributed by atoms with Gasteiger partial charge in [-0.1, -0.05) is 6.08 Å². The number of halogens is 1. The highest BCUT2D eigenvalue weighted by molar-refractivity contribution is 14.1. The van der Waals surface area contributed by atoms with E-state index >= 15 is 0 Å². The third-order valence-electron chi connectivity index (χ3n) is 0.354. The minimum Gasteiger partial charge on any atom is -0.392 e. The predicted molar refractivity (Wildman–Crippen MR) is 35.3 cm³/mol. The molecule has 0 heterocycles. The number of aliphatic hydroxyl groups excluding tert-OH is 1. The van der Waals surface area contributed by atoms with E-state index in [1.54, 1.807) is 22.6 Å². The van der Waals surface area contributed by atoms with Crippen LogP contribution in [0.5, 0.6) is 0 Å². The van der Waals surface area contributed by atoms with Crippen LogP contribution < -0.4 is 0 Å². The van der Waals surface area contributed by atoms with E-state index < -0.39 is 0 Å². The molecular formula is C4H5IO2. The Labute approximate surface area is 55.4 Å². The summed E-state index contributed by atoms with van der Waals surface area (Å²) >= 11 is 1.63. The lowest BCUT2D eigenvalue weighted by atomic mass is 10.5. The smallest absolute Gasteiger partial charge is 0.215 e. The molecule has 0 unspecified atom stereocenters. The van der Waals surface area contributed by atoms with Crippen molar-refractivity contribution >= 4 is 26.4 Å². The molecule has 7 heavy (non-hydrogen) atoms. The fourth-order valence-electron chi connectivity index (χ4n) is 0.145. The second-order valence-corrected chi connectivity index (χ2v) is 1.95. The van der Waals surface area contributed by atoms with Crippen LogP contribution in [-0.4, -0.2) is 15.5 Å². The number of rotatable bonds is 2. The summed E-state index contributed by atoms with van der Waals surface area (Å²) in [5.74, 6) is 0. The lowest BCUT2D eigenvalue weighted by Crippen LogP contribution is -1.76. The van der Waals surface area contributed by atoms with Gasteiger partial charge in [-0.15, -0.1) is 0 Å². The summed E-state index contributed by atoms with van der Waals surface area (Å²) in [6.07, 6.45) is 2.72. The van der Waals surface area contributed by atoms with Crippen LogP contribution in [0, 0.1) is 0 Å². The number of allylic oxidation sites excluding steroid dienone is 1. The highest BCUT2D eigenvalue weighted by Gasteiger charge is 1.78. The van der Waals surface area contributed by atoms with Crippen molar-refractivity contribution in [2.75, 3.05) is 6.61 Å². The molecule has 0 saturated carbocycles. The maximum Gasteiger partial charge on any atom is 0.215 e. The first-order valence-corrected chi connectivity index (χ1v) is 2.82. The van der Waals surface area contributed by atoms with E-state index in [0.29, 0.717) is 0 Å². The van der Waals surface area contributed by atoms with Crippen LogP contribution in [0.2, 0.25) is 0 Å². The Bertz CT molecular complexity index is 87.7. The molecule has 0 amide bonds. The second-order valence-electron chi connectivity index (χ2n) is 0.889. The molecule has 0 radical (unpaired) electrons. The highest BCUT2D eigenvalue weighted by atomic mass is 127. The van der Waals surface area contributed by atoms with Crippen LogP contribution in [-0.2, 0) is 4.79 Å². The van der Waals surface area contributed by atoms with Gasteiger partial charge in [-0.3, -0.25) is 4.79 Å². The van der Waals surface area contributed by atoms with Gasteiger partial charge in [0.1, 0.15) is 0 Å². The number of carbonyl (C=O) groups excluding carboxylic acids is 1. The monoisotopic (exact) mass is 212 g/mol. The van der Waals surface area contributed by atoms with E-state index in [-0.39, 0.29) is 10.4 Å². The van der Waals surface area contributed by atoms with Crippen molar-refractivity contribution < 1.29 is 9.90 Å². The molecule has 0 aliphatic carbocycles. The first kappa shape index (κ1) is 7.10. The Kier molecular flexibility index (Phi) is 4.32. The Morgan fingerprint density at radius 2 is 2.43 bits per heavy atom. The van der Waals surface area contributed by atoms with Crippen molar-refractivity contribution in [2.45, 2.75) is 0 Å². The normalized spacial score (nSPS) is 10.0. The van der Waals surface area contributed by atoms with Gasteiger partial charge in [-0.2, -0.15) is 0 Å². The van der Waals surface area contributed by atoms with Crippen molar-refractivity contribution in [1.82, 2.24) is 0 Å². The summed E-state index contributed by atoms with van der Waals surface area (Å²) in [5.41, 5.74) is 0. The van der Waals surface area contributed by atoms with E-state index in [4.69, 9.17) is 5.11 Å². The van der Waals surface area contributed by atoms with E-state index in [9.17, 15) is 4.79 Å². The quantitative estimate of drug-likeness (QED) is 0.411. The van der Waals surface area contributed by atoms with Crippen LogP contribution in [0.1, 0.15) is 0 Å². The number of hydrogen-bond acceptors (Lipinski definition) is 2. The van der Waals surface area contributed by atoms with Crippen LogP contribution >= 0.6 is 22.6 Å². The molecule has 0 aliphatic rings. The van der Waals surface area contributed by atoms with Gasteiger partial charge in [0.05, 0.1) is 6.61 Å². The molecule has 0 saturated heterocycles. The highest BCUT2D eigenvalue weighted by Crippen LogP contribution is 1.85. The van der Waals surface area contributed by atoms with Crippen molar-refractivity contribution in [2.24, 2.45) is 0 Å². The van der Waals surface area contributed by atoms with E-state index in [1.165, 1.54) is 12.2 Å². The molecule has 0 aromatic carbocycles. The predicted octanol–water partition coefficient (Wildman–Crippen LogP) is 0.496. The van der Waals surface area contributed by atoms with Gasteiger partial charge in [0, 0.05) is 22.6 Å². The van der Waals surface area contributed by atoms with Crippen molar-refractivity contribution in [1.29, 1.82) is 0 Å². The topological polar surface area (TPSA) is 37.3 Å². The molecule has 0 spiro atoms. The zero-order valence-electron chi connectivity index (χ0n) is 3.60. The third kappa shape index (κ3) is 6.10. The van der Waals surface area contributed by atoms with Gasteiger partial charge in [0.25, 0.3) is 0 Å². The molecule has 0 atom stereocenters. The summed E-state index contributed by atoms with van der Waals surface area (Å²) in [7, 11) is 0. The fourth-order valence-corrected chi connectivity index (χ4v) is 0.400. The Morgan fingerprint density at radius 3 is 2.57 bits per heavy atom. The SMILES string of the molecule is O=C(I)/C=C\CO. The molecule has 0 bridgehead atoms. The van der Waals surface area contributed by atoms with Gasteiger partial charge in [-0.05, 0) is 6.08 Å². The van der Waals surface area contributed by atoms with Crippen molar-refractivity contribution in [3.05, 3.63) is 12.2 Å². The zero-order chi connectivity index (χ0) is 5.70. The van der Waals surface area contributed by atoms with Gasteiger partial charge in [-0.25, -0.2) is 0 Å². The second kappa shape index (κ2) is 4.26. The molecule has 40 valence electrons. The molecular weight excluding hydrogens is 207 g/mol. The number of carbonyl (C=O) groups is 1. The summed E-state index contributed by atoms with van der Waals surface area (Å²) in [4.78, 5) is 9.99. The number of aliphatic hydroxyl groups is 1. The van der Waals surface area contributed by atoms with Crippen molar-refractivity contribution in [3.8, 4) is 0 Å². The largest absolute Gasteiger partial charge is 0.392 e. The van der Waals surface area contributed by atoms with Crippen molar-refractivity contribution in [3.63, 3.8) is 0 Å². The average Bonchev–Trinajstić information content (AvgIpc) is 1.61. The zero-order valence-corrected chi connectivity index (χ0v) is 5.75. The molecule has 0 aromatic heterocycles. The van der Waals surface area contributed by atoms with Crippen LogP contribution in [0.3, 0.4) is 0 Å². The summed E-state index contributed by atoms with van der Waals surface area (Å²) in [6.45, 7) is -0.0608. The Hall–Kier alpha value is 0.1000. The van der Waals surface area contributed by atoms with Gasteiger partial charge in [0.15, 0.2) is 0 Å². The summed E-state index contributed by atoms with van der Waals surface area (Å²) in [6, 6.07) is 0. The Morgan fingerprint density at radius 1 is 1.86 bits per heavy atom. The third-order valence-corrected chi connectivity index (χ3v) is 0.714.